The molecule has 0 radical (unpaired) electrons. The largest absolute Gasteiger partial charge is 0.497 e. The second kappa shape index (κ2) is 8.79. The molecule has 1 saturated heterocycles. The van der Waals surface area contributed by atoms with Crippen LogP contribution < -0.4 is 14.4 Å². The van der Waals surface area contributed by atoms with Gasteiger partial charge in [0.2, 0.25) is 0 Å². The number of carbonyl (C=O) groups excluding carboxylic acids is 1. The summed E-state index contributed by atoms with van der Waals surface area (Å²) in [7, 11) is 3.13. The van der Waals surface area contributed by atoms with Crippen molar-refractivity contribution in [1.82, 2.24) is 4.98 Å². The highest BCUT2D eigenvalue weighted by molar-refractivity contribution is 7.22. The third-order valence-corrected chi connectivity index (χ3v) is 6.67. The van der Waals surface area contributed by atoms with E-state index in [0.717, 1.165) is 28.6 Å². The Bertz CT molecular complexity index is 1060. The monoisotopic (exact) mass is 446 g/mol. The molecule has 158 valence electrons. The van der Waals surface area contributed by atoms with Gasteiger partial charge in [-0.2, -0.15) is 0 Å². The van der Waals surface area contributed by atoms with Gasteiger partial charge in [0.25, 0.3) is 5.91 Å². The molecule has 0 aliphatic carbocycles. The van der Waals surface area contributed by atoms with Crippen LogP contribution in [0.15, 0.2) is 30.3 Å². The van der Waals surface area contributed by atoms with Crippen molar-refractivity contribution in [2.24, 2.45) is 0 Å². The molecule has 0 N–H and O–H groups in total. The lowest BCUT2D eigenvalue weighted by molar-refractivity contribution is 0.0917. The van der Waals surface area contributed by atoms with Crippen molar-refractivity contribution < 1.29 is 19.0 Å². The first-order chi connectivity index (χ1) is 14.5. The van der Waals surface area contributed by atoms with Crippen molar-refractivity contribution in [3.05, 3.63) is 46.5 Å². The minimum atomic E-state index is -0.175. The summed E-state index contributed by atoms with van der Waals surface area (Å²) in [5.41, 5.74) is 2.19. The van der Waals surface area contributed by atoms with Gasteiger partial charge in [-0.1, -0.05) is 22.9 Å². The van der Waals surface area contributed by atoms with E-state index >= 15 is 0 Å². The van der Waals surface area contributed by atoms with Gasteiger partial charge in [-0.15, -0.1) is 0 Å². The lowest BCUT2D eigenvalue weighted by Crippen LogP contribution is -2.37. The van der Waals surface area contributed by atoms with Gasteiger partial charge in [-0.25, -0.2) is 4.98 Å². The number of fused-ring (bicyclic) bond motifs is 1. The minimum absolute atomic E-state index is 0.0156. The predicted molar refractivity (Wildman–Crippen MR) is 120 cm³/mol. The van der Waals surface area contributed by atoms with Crippen LogP contribution >= 0.6 is 22.9 Å². The number of amides is 1. The number of anilines is 1. The lowest BCUT2D eigenvalue weighted by atomic mass is 10.1. The Hall–Kier alpha value is -2.35. The number of rotatable bonds is 6. The first-order valence-corrected chi connectivity index (χ1v) is 10.9. The summed E-state index contributed by atoms with van der Waals surface area (Å²) in [4.78, 5) is 20.1. The molecule has 6 nitrogen and oxygen atoms in total. The molecule has 1 amide bonds. The third kappa shape index (κ3) is 4.10. The number of halogens is 1. The van der Waals surface area contributed by atoms with Crippen LogP contribution in [-0.4, -0.2) is 44.4 Å². The Morgan fingerprint density at radius 1 is 1.27 bits per heavy atom. The van der Waals surface area contributed by atoms with E-state index in [-0.39, 0.29) is 12.0 Å². The second-order valence-electron chi connectivity index (χ2n) is 7.17. The fourth-order valence-electron chi connectivity index (χ4n) is 3.53. The predicted octanol–water partition coefficient (Wildman–Crippen LogP) is 5.10. The van der Waals surface area contributed by atoms with Gasteiger partial charge in [-0.3, -0.25) is 9.69 Å². The van der Waals surface area contributed by atoms with E-state index in [1.807, 2.05) is 19.1 Å². The van der Waals surface area contributed by atoms with Crippen LogP contribution in [0.1, 0.15) is 28.8 Å². The normalized spacial score (nSPS) is 16.1. The SMILES string of the molecule is COc1cc(OC)cc(C(=O)N(CC2CCCO2)c2nc3c(C)c(Cl)ccc3s2)c1. The summed E-state index contributed by atoms with van der Waals surface area (Å²) >= 11 is 7.75. The van der Waals surface area contributed by atoms with Crippen molar-refractivity contribution >= 4 is 44.2 Å². The molecule has 1 aromatic heterocycles. The van der Waals surface area contributed by atoms with Gasteiger partial charge in [0, 0.05) is 23.3 Å². The maximum Gasteiger partial charge on any atom is 0.260 e. The zero-order valence-corrected chi connectivity index (χ0v) is 18.7. The molecule has 1 aliphatic heterocycles. The van der Waals surface area contributed by atoms with E-state index in [4.69, 9.17) is 30.8 Å². The highest BCUT2D eigenvalue weighted by atomic mass is 35.5. The van der Waals surface area contributed by atoms with Crippen LogP contribution in [0, 0.1) is 6.92 Å². The summed E-state index contributed by atoms with van der Waals surface area (Å²) in [6.45, 7) is 3.09. The van der Waals surface area contributed by atoms with E-state index in [1.54, 1.807) is 37.3 Å². The van der Waals surface area contributed by atoms with Gasteiger partial charge in [-0.05, 0) is 49.6 Å². The molecular weight excluding hydrogens is 424 g/mol. The quantitative estimate of drug-likeness (QED) is 0.527. The molecule has 0 saturated carbocycles. The average Bonchev–Trinajstić information content (AvgIpc) is 3.43. The topological polar surface area (TPSA) is 60.9 Å². The number of aromatic nitrogens is 1. The first-order valence-electron chi connectivity index (χ1n) is 9.72. The summed E-state index contributed by atoms with van der Waals surface area (Å²) < 4.78 is 17.5. The number of aryl methyl sites for hydroxylation is 1. The van der Waals surface area contributed by atoms with Crippen LogP contribution in [0.4, 0.5) is 5.13 Å². The number of methoxy groups -OCH3 is 2. The Kier molecular flexibility index (Phi) is 6.13. The Morgan fingerprint density at radius 2 is 2.00 bits per heavy atom. The zero-order chi connectivity index (χ0) is 21.3. The highest BCUT2D eigenvalue weighted by Crippen LogP contribution is 2.35. The van der Waals surface area contributed by atoms with Gasteiger partial charge < -0.3 is 14.2 Å². The van der Waals surface area contributed by atoms with Crippen molar-refractivity contribution in [3.8, 4) is 11.5 Å². The maximum atomic E-state index is 13.6. The first kappa shape index (κ1) is 20.9. The van der Waals surface area contributed by atoms with E-state index in [9.17, 15) is 4.79 Å². The molecular formula is C22H23ClN2O4S. The smallest absolute Gasteiger partial charge is 0.260 e. The number of ether oxygens (including phenoxy) is 3. The van der Waals surface area contributed by atoms with Crippen molar-refractivity contribution in [1.29, 1.82) is 0 Å². The summed E-state index contributed by atoms with van der Waals surface area (Å²) in [6.07, 6.45) is 1.90. The number of hydrogen-bond donors (Lipinski definition) is 0. The molecule has 1 unspecified atom stereocenters. The van der Waals surface area contributed by atoms with E-state index in [1.165, 1.54) is 11.3 Å². The van der Waals surface area contributed by atoms with Crippen molar-refractivity contribution in [2.75, 3.05) is 32.3 Å². The van der Waals surface area contributed by atoms with E-state index in [0.29, 0.717) is 40.4 Å². The van der Waals surface area contributed by atoms with Crippen molar-refractivity contribution in [3.63, 3.8) is 0 Å². The van der Waals surface area contributed by atoms with Crippen LogP contribution in [0.2, 0.25) is 5.02 Å². The molecule has 0 spiro atoms. The zero-order valence-electron chi connectivity index (χ0n) is 17.1. The fraction of sp³-hybridized carbons (Fsp3) is 0.364. The number of nitrogens with zero attached hydrogens (tertiary/aromatic N) is 2. The summed E-state index contributed by atoms with van der Waals surface area (Å²) in [5, 5.41) is 1.28. The maximum absolute atomic E-state index is 13.6. The summed E-state index contributed by atoms with van der Waals surface area (Å²) in [6, 6.07) is 8.96. The fourth-order valence-corrected chi connectivity index (χ4v) is 4.72. The number of thiazole rings is 1. The highest BCUT2D eigenvalue weighted by Gasteiger charge is 2.28. The molecule has 30 heavy (non-hydrogen) atoms. The van der Waals surface area contributed by atoms with E-state index in [2.05, 4.69) is 0 Å². The Labute approximate surface area is 184 Å². The molecule has 3 aromatic rings. The number of carbonyl (C=O) groups is 1. The molecule has 8 heteroatoms. The molecule has 1 atom stereocenters. The van der Waals surface area contributed by atoms with Crippen molar-refractivity contribution in [2.45, 2.75) is 25.9 Å². The second-order valence-corrected chi connectivity index (χ2v) is 8.58. The number of benzene rings is 2. The lowest BCUT2D eigenvalue weighted by Gasteiger charge is -2.23. The van der Waals surface area contributed by atoms with Gasteiger partial charge in [0.1, 0.15) is 11.5 Å². The molecule has 0 bridgehead atoms. The van der Waals surface area contributed by atoms with Gasteiger partial charge in [0.05, 0.1) is 37.1 Å². The number of hydrogen-bond acceptors (Lipinski definition) is 6. The molecule has 1 aliphatic rings. The Balaban J connectivity index is 1.76. The van der Waals surface area contributed by atoms with E-state index < -0.39 is 0 Å². The van der Waals surface area contributed by atoms with Crippen LogP contribution in [-0.2, 0) is 4.74 Å². The van der Waals surface area contributed by atoms with Crippen LogP contribution in [0.3, 0.4) is 0 Å². The van der Waals surface area contributed by atoms with Gasteiger partial charge in [0.15, 0.2) is 5.13 Å². The Morgan fingerprint density at radius 3 is 2.63 bits per heavy atom. The van der Waals surface area contributed by atoms with Crippen LogP contribution in [0.25, 0.3) is 10.2 Å². The molecule has 2 heterocycles. The standard InChI is InChI=1S/C22H23ClN2O4S/c1-13-18(23)6-7-19-20(13)24-22(30-19)25(12-15-5-4-8-29-15)21(26)14-9-16(27-2)11-17(10-14)28-3/h6-7,9-11,15H,4-5,8,12H2,1-3H3. The molecule has 2 aromatic carbocycles. The van der Waals surface area contributed by atoms with Crippen LogP contribution in [0.5, 0.6) is 11.5 Å². The summed E-state index contributed by atoms with van der Waals surface area (Å²) in [5.74, 6) is 0.939. The molecule has 1 fully saturated rings. The minimum Gasteiger partial charge on any atom is -0.497 e. The van der Waals surface area contributed by atoms with Gasteiger partial charge >= 0.3 is 0 Å². The third-order valence-electron chi connectivity index (χ3n) is 5.22. The average molecular weight is 447 g/mol. The molecule has 4 rings (SSSR count).